The number of nitrogens with two attached hydrogens (primary N) is 1. The van der Waals surface area contributed by atoms with Crippen LogP contribution in [0.25, 0.3) is 0 Å². The molecule has 1 aromatic heterocycles. The fraction of sp³-hybridized carbons (Fsp3) is 0.333. The molecule has 0 unspecified atom stereocenters. The van der Waals surface area contributed by atoms with Crippen LogP contribution in [-0.4, -0.2) is 11.9 Å². The molecule has 0 fully saturated rings. The van der Waals surface area contributed by atoms with E-state index in [1.54, 1.807) is 18.4 Å². The molecule has 0 spiro atoms. The summed E-state index contributed by atoms with van der Waals surface area (Å²) in [7, 11) is 2.00. The van der Waals surface area contributed by atoms with Crippen molar-refractivity contribution in [1.82, 2.24) is 4.90 Å². The van der Waals surface area contributed by atoms with Gasteiger partial charge in [0, 0.05) is 25.2 Å². The molecule has 19 heavy (non-hydrogen) atoms. The molecule has 2 aromatic rings. The summed E-state index contributed by atoms with van der Waals surface area (Å²) in [6, 6.07) is 6.72. The van der Waals surface area contributed by atoms with Gasteiger partial charge in [-0.2, -0.15) is 0 Å². The number of hydrogen-bond donors (Lipinski definition) is 1. The van der Waals surface area contributed by atoms with Gasteiger partial charge in [-0.3, -0.25) is 4.90 Å². The molecule has 1 heterocycles. The normalized spacial score (nSPS) is 11.2. The predicted molar refractivity (Wildman–Crippen MR) is 72.9 cm³/mol. The summed E-state index contributed by atoms with van der Waals surface area (Å²) in [6.45, 7) is 3.79. The van der Waals surface area contributed by atoms with Crippen molar-refractivity contribution in [1.29, 1.82) is 0 Å². The number of rotatable bonds is 5. The first-order valence-electron chi connectivity index (χ1n) is 6.29. The summed E-state index contributed by atoms with van der Waals surface area (Å²) in [5.74, 6) is 0.699. The van der Waals surface area contributed by atoms with Crippen LogP contribution in [0.2, 0.25) is 0 Å². The van der Waals surface area contributed by atoms with Gasteiger partial charge >= 0.3 is 0 Å². The summed E-state index contributed by atoms with van der Waals surface area (Å²) in [5.41, 5.74) is 8.75. The van der Waals surface area contributed by atoms with E-state index >= 15 is 0 Å². The first kappa shape index (κ1) is 13.8. The minimum absolute atomic E-state index is 0.222. The van der Waals surface area contributed by atoms with Gasteiger partial charge in [0.2, 0.25) is 0 Å². The lowest BCUT2D eigenvalue weighted by molar-refractivity contribution is 0.315. The Labute approximate surface area is 112 Å². The molecular weight excluding hydrogens is 243 g/mol. The zero-order chi connectivity index (χ0) is 13.8. The Morgan fingerprint density at radius 1 is 1.16 bits per heavy atom. The maximum atomic E-state index is 13.3. The number of halogens is 1. The van der Waals surface area contributed by atoms with E-state index in [9.17, 15) is 4.39 Å². The average molecular weight is 262 g/mol. The van der Waals surface area contributed by atoms with E-state index in [0.717, 1.165) is 29.0 Å². The maximum absolute atomic E-state index is 13.3. The largest absolute Gasteiger partial charge is 0.469 e. The quantitative estimate of drug-likeness (QED) is 0.901. The highest BCUT2D eigenvalue weighted by molar-refractivity contribution is 5.28. The topological polar surface area (TPSA) is 42.4 Å². The second-order valence-corrected chi connectivity index (χ2v) is 4.79. The molecule has 0 aliphatic heterocycles. The van der Waals surface area contributed by atoms with E-state index in [1.807, 2.05) is 20.0 Å². The Kier molecular flexibility index (Phi) is 4.35. The van der Waals surface area contributed by atoms with Crippen molar-refractivity contribution >= 4 is 0 Å². The molecule has 2 rings (SSSR count). The van der Waals surface area contributed by atoms with E-state index in [4.69, 9.17) is 10.2 Å². The minimum atomic E-state index is -0.222. The Balaban J connectivity index is 2.08. The Morgan fingerprint density at radius 2 is 1.89 bits per heavy atom. The first-order valence-corrected chi connectivity index (χ1v) is 6.29. The molecule has 102 valence electrons. The second-order valence-electron chi connectivity index (χ2n) is 4.79. The van der Waals surface area contributed by atoms with Gasteiger partial charge < -0.3 is 10.2 Å². The number of benzene rings is 1. The van der Waals surface area contributed by atoms with Crippen LogP contribution in [0.4, 0.5) is 4.39 Å². The van der Waals surface area contributed by atoms with Gasteiger partial charge in [0.05, 0.1) is 6.26 Å². The van der Waals surface area contributed by atoms with Crippen LogP contribution in [-0.2, 0) is 19.6 Å². The summed E-state index contributed by atoms with van der Waals surface area (Å²) >= 11 is 0. The van der Waals surface area contributed by atoms with E-state index in [0.29, 0.717) is 13.1 Å². The predicted octanol–water partition coefficient (Wildman–Crippen LogP) is 2.82. The van der Waals surface area contributed by atoms with E-state index in [-0.39, 0.29) is 5.82 Å². The SMILES string of the molecule is Cc1occc1CN(C)Cc1cc(F)ccc1CN. The van der Waals surface area contributed by atoms with Crippen LogP contribution in [0.15, 0.2) is 34.9 Å². The average Bonchev–Trinajstić information content (AvgIpc) is 2.75. The molecule has 4 heteroatoms. The highest BCUT2D eigenvalue weighted by Crippen LogP contribution is 2.16. The number of hydrogen-bond acceptors (Lipinski definition) is 3. The Morgan fingerprint density at radius 3 is 2.53 bits per heavy atom. The van der Waals surface area contributed by atoms with E-state index in [2.05, 4.69) is 4.90 Å². The van der Waals surface area contributed by atoms with Crippen LogP contribution < -0.4 is 5.73 Å². The Hall–Kier alpha value is -1.65. The van der Waals surface area contributed by atoms with Crippen molar-refractivity contribution in [3.63, 3.8) is 0 Å². The standard InChI is InChI=1S/C15H19FN2O/c1-11-13(5-6-19-11)9-18(2)10-14-7-15(16)4-3-12(14)8-17/h3-7H,8-10,17H2,1-2H3. The molecular formula is C15H19FN2O. The molecule has 0 radical (unpaired) electrons. The minimum Gasteiger partial charge on any atom is -0.469 e. The molecule has 2 N–H and O–H groups in total. The third-order valence-electron chi connectivity index (χ3n) is 3.24. The van der Waals surface area contributed by atoms with Crippen LogP contribution in [0.5, 0.6) is 0 Å². The maximum Gasteiger partial charge on any atom is 0.123 e. The van der Waals surface area contributed by atoms with Crippen molar-refractivity contribution in [3.05, 3.63) is 58.8 Å². The van der Waals surface area contributed by atoms with Gasteiger partial charge in [-0.05, 0) is 43.3 Å². The van der Waals surface area contributed by atoms with Crippen molar-refractivity contribution in [3.8, 4) is 0 Å². The Bertz CT molecular complexity index is 551. The van der Waals surface area contributed by atoms with Crippen molar-refractivity contribution < 1.29 is 8.81 Å². The van der Waals surface area contributed by atoms with E-state index < -0.39 is 0 Å². The number of furan rings is 1. The molecule has 3 nitrogen and oxygen atoms in total. The molecule has 0 aliphatic carbocycles. The van der Waals surface area contributed by atoms with Gasteiger partial charge in [0.25, 0.3) is 0 Å². The van der Waals surface area contributed by atoms with Crippen molar-refractivity contribution in [2.45, 2.75) is 26.6 Å². The summed E-state index contributed by atoms with van der Waals surface area (Å²) in [4.78, 5) is 2.12. The molecule has 0 aliphatic rings. The zero-order valence-corrected chi connectivity index (χ0v) is 11.3. The van der Waals surface area contributed by atoms with Gasteiger partial charge in [-0.1, -0.05) is 6.07 Å². The molecule has 0 atom stereocenters. The van der Waals surface area contributed by atoms with Gasteiger partial charge in [0.1, 0.15) is 11.6 Å². The highest BCUT2D eigenvalue weighted by atomic mass is 19.1. The van der Waals surface area contributed by atoms with Crippen molar-refractivity contribution in [2.75, 3.05) is 7.05 Å². The number of aryl methyl sites for hydroxylation is 1. The van der Waals surface area contributed by atoms with Crippen LogP contribution >= 0.6 is 0 Å². The third-order valence-corrected chi connectivity index (χ3v) is 3.24. The zero-order valence-electron chi connectivity index (χ0n) is 11.3. The van der Waals surface area contributed by atoms with Gasteiger partial charge in [0.15, 0.2) is 0 Å². The highest BCUT2D eigenvalue weighted by Gasteiger charge is 2.09. The first-order chi connectivity index (χ1) is 9.10. The van der Waals surface area contributed by atoms with Crippen LogP contribution in [0.1, 0.15) is 22.5 Å². The monoisotopic (exact) mass is 262 g/mol. The fourth-order valence-electron chi connectivity index (χ4n) is 2.15. The van der Waals surface area contributed by atoms with Crippen molar-refractivity contribution in [2.24, 2.45) is 5.73 Å². The van der Waals surface area contributed by atoms with Crippen LogP contribution in [0, 0.1) is 12.7 Å². The van der Waals surface area contributed by atoms with Crippen LogP contribution in [0.3, 0.4) is 0 Å². The molecule has 1 aromatic carbocycles. The van der Waals surface area contributed by atoms with Gasteiger partial charge in [-0.25, -0.2) is 4.39 Å². The third kappa shape index (κ3) is 3.43. The molecule has 0 bridgehead atoms. The molecule has 0 saturated heterocycles. The van der Waals surface area contributed by atoms with E-state index in [1.165, 1.54) is 6.07 Å². The molecule has 0 saturated carbocycles. The van der Waals surface area contributed by atoms with Gasteiger partial charge in [-0.15, -0.1) is 0 Å². The smallest absolute Gasteiger partial charge is 0.123 e. The fourth-order valence-corrected chi connectivity index (χ4v) is 2.15. The molecule has 0 amide bonds. The number of nitrogens with zero attached hydrogens (tertiary/aromatic N) is 1. The lowest BCUT2D eigenvalue weighted by atomic mass is 10.1. The lowest BCUT2D eigenvalue weighted by Gasteiger charge is -2.18. The lowest BCUT2D eigenvalue weighted by Crippen LogP contribution is -2.19. The second kappa shape index (κ2) is 5.99. The summed E-state index contributed by atoms with van der Waals surface area (Å²) in [5, 5.41) is 0. The summed E-state index contributed by atoms with van der Waals surface area (Å²) < 4.78 is 18.6. The summed E-state index contributed by atoms with van der Waals surface area (Å²) in [6.07, 6.45) is 1.69.